The third-order valence-corrected chi connectivity index (χ3v) is 3.31. The minimum absolute atomic E-state index is 0.467. The molecule has 116 valence electrons. The molecule has 0 aliphatic carbocycles. The third kappa shape index (κ3) is 3.67. The molecular formula is C17H16F3NO. The van der Waals surface area contributed by atoms with E-state index in [-0.39, 0.29) is 0 Å². The van der Waals surface area contributed by atoms with Crippen LogP contribution < -0.4 is 5.32 Å². The number of carbonyl (C=O) groups excluding carboxylic acids is 1. The number of anilines is 1. The number of hydrogen-bond donors (Lipinski definition) is 1. The SMILES string of the molecule is CCCCc1ccc(NC(=O)c2ccc(F)c(F)c2F)cc1. The van der Waals surface area contributed by atoms with Crippen LogP contribution in [-0.2, 0) is 6.42 Å². The van der Waals surface area contributed by atoms with Crippen molar-refractivity contribution in [1.82, 2.24) is 0 Å². The molecule has 0 heterocycles. The van der Waals surface area contributed by atoms with Gasteiger partial charge in [0.05, 0.1) is 5.56 Å². The molecule has 0 unspecified atom stereocenters. The number of hydrogen-bond acceptors (Lipinski definition) is 1. The third-order valence-electron chi connectivity index (χ3n) is 3.31. The molecule has 0 saturated carbocycles. The van der Waals surface area contributed by atoms with Gasteiger partial charge in [-0.05, 0) is 42.7 Å². The van der Waals surface area contributed by atoms with Gasteiger partial charge in [0.15, 0.2) is 17.5 Å². The van der Waals surface area contributed by atoms with Crippen LogP contribution in [0.15, 0.2) is 36.4 Å². The average Bonchev–Trinajstić information content (AvgIpc) is 2.52. The quantitative estimate of drug-likeness (QED) is 0.797. The zero-order valence-corrected chi connectivity index (χ0v) is 12.1. The monoisotopic (exact) mass is 307 g/mol. The second-order valence-corrected chi connectivity index (χ2v) is 4.98. The Balaban J connectivity index is 2.10. The van der Waals surface area contributed by atoms with E-state index in [9.17, 15) is 18.0 Å². The first kappa shape index (κ1) is 16.1. The Labute approximate surface area is 127 Å². The van der Waals surface area contributed by atoms with Crippen LogP contribution in [0.2, 0.25) is 0 Å². The standard InChI is InChI=1S/C17H16F3NO/c1-2-3-4-11-5-7-12(8-6-11)21-17(22)13-9-10-14(18)16(20)15(13)19/h5-10H,2-4H2,1H3,(H,21,22). The highest BCUT2D eigenvalue weighted by atomic mass is 19.2. The molecule has 0 aromatic heterocycles. The molecule has 2 rings (SSSR count). The predicted molar refractivity (Wildman–Crippen MR) is 79.3 cm³/mol. The summed E-state index contributed by atoms with van der Waals surface area (Å²) in [7, 11) is 0. The summed E-state index contributed by atoms with van der Waals surface area (Å²) in [4.78, 5) is 11.9. The Bertz CT molecular complexity index is 668. The normalized spacial score (nSPS) is 10.5. The molecular weight excluding hydrogens is 291 g/mol. The zero-order valence-electron chi connectivity index (χ0n) is 12.1. The lowest BCUT2D eigenvalue weighted by molar-refractivity contribution is 0.102. The fourth-order valence-corrected chi connectivity index (χ4v) is 2.04. The van der Waals surface area contributed by atoms with Crippen LogP contribution in [0.4, 0.5) is 18.9 Å². The highest BCUT2D eigenvalue weighted by Gasteiger charge is 2.18. The second kappa shape index (κ2) is 7.11. The first-order chi connectivity index (χ1) is 10.5. The van der Waals surface area contributed by atoms with Crippen molar-refractivity contribution < 1.29 is 18.0 Å². The molecule has 2 aromatic carbocycles. The van der Waals surface area contributed by atoms with Gasteiger partial charge in [-0.3, -0.25) is 4.79 Å². The fourth-order valence-electron chi connectivity index (χ4n) is 2.04. The average molecular weight is 307 g/mol. The fraction of sp³-hybridized carbons (Fsp3) is 0.235. The smallest absolute Gasteiger partial charge is 0.258 e. The maximum Gasteiger partial charge on any atom is 0.258 e. The molecule has 0 fully saturated rings. The van der Waals surface area contributed by atoms with Crippen LogP contribution in [0.3, 0.4) is 0 Å². The lowest BCUT2D eigenvalue weighted by Crippen LogP contribution is -2.15. The number of aryl methyl sites for hydroxylation is 1. The van der Waals surface area contributed by atoms with E-state index in [0.29, 0.717) is 5.69 Å². The summed E-state index contributed by atoms with van der Waals surface area (Å²) >= 11 is 0. The number of carbonyl (C=O) groups is 1. The van der Waals surface area contributed by atoms with Gasteiger partial charge < -0.3 is 5.32 Å². The van der Waals surface area contributed by atoms with Crippen LogP contribution in [-0.4, -0.2) is 5.91 Å². The summed E-state index contributed by atoms with van der Waals surface area (Å²) in [5.41, 5.74) is 1.07. The first-order valence-corrected chi connectivity index (χ1v) is 7.06. The van der Waals surface area contributed by atoms with Crippen LogP contribution >= 0.6 is 0 Å². The number of unbranched alkanes of at least 4 members (excludes halogenated alkanes) is 1. The van der Waals surface area contributed by atoms with Gasteiger partial charge in [-0.1, -0.05) is 25.5 Å². The molecule has 0 aliphatic heterocycles. The van der Waals surface area contributed by atoms with Crippen LogP contribution in [0.1, 0.15) is 35.7 Å². The van der Waals surface area contributed by atoms with Gasteiger partial charge in [-0.2, -0.15) is 0 Å². The number of halogens is 3. The van der Waals surface area contributed by atoms with E-state index in [2.05, 4.69) is 12.2 Å². The Morgan fingerprint density at radius 3 is 2.32 bits per heavy atom. The van der Waals surface area contributed by atoms with Crippen molar-refractivity contribution in [1.29, 1.82) is 0 Å². The lowest BCUT2D eigenvalue weighted by Gasteiger charge is -2.08. The van der Waals surface area contributed by atoms with Crippen molar-refractivity contribution in [2.24, 2.45) is 0 Å². The molecule has 22 heavy (non-hydrogen) atoms. The van der Waals surface area contributed by atoms with Crippen LogP contribution in [0.5, 0.6) is 0 Å². The summed E-state index contributed by atoms with van der Waals surface area (Å²) in [5.74, 6) is -5.29. The largest absolute Gasteiger partial charge is 0.322 e. The van der Waals surface area contributed by atoms with Crippen molar-refractivity contribution in [2.45, 2.75) is 26.2 Å². The van der Waals surface area contributed by atoms with Crippen molar-refractivity contribution in [3.05, 3.63) is 65.0 Å². The van der Waals surface area contributed by atoms with Gasteiger partial charge in [0.2, 0.25) is 0 Å². The van der Waals surface area contributed by atoms with Crippen LogP contribution in [0, 0.1) is 17.5 Å². The second-order valence-electron chi connectivity index (χ2n) is 4.98. The molecule has 0 atom stereocenters. The predicted octanol–water partition coefficient (Wildman–Crippen LogP) is 4.70. The Morgan fingerprint density at radius 1 is 1.00 bits per heavy atom. The number of nitrogens with one attached hydrogen (secondary N) is 1. The Morgan fingerprint density at radius 2 is 1.68 bits per heavy atom. The highest BCUT2D eigenvalue weighted by molar-refractivity contribution is 6.04. The van der Waals surface area contributed by atoms with E-state index in [4.69, 9.17) is 0 Å². The molecule has 2 nitrogen and oxygen atoms in total. The molecule has 0 bridgehead atoms. The minimum Gasteiger partial charge on any atom is -0.322 e. The van der Waals surface area contributed by atoms with Gasteiger partial charge in [0.25, 0.3) is 5.91 Å². The zero-order chi connectivity index (χ0) is 16.1. The van der Waals surface area contributed by atoms with E-state index in [1.807, 2.05) is 12.1 Å². The minimum atomic E-state index is -1.65. The molecule has 0 aliphatic rings. The molecule has 0 saturated heterocycles. The van der Waals surface area contributed by atoms with Crippen molar-refractivity contribution in [2.75, 3.05) is 5.32 Å². The number of rotatable bonds is 5. The topological polar surface area (TPSA) is 29.1 Å². The summed E-state index contributed by atoms with van der Waals surface area (Å²) in [6.45, 7) is 2.10. The van der Waals surface area contributed by atoms with E-state index in [1.165, 1.54) is 0 Å². The van der Waals surface area contributed by atoms with E-state index < -0.39 is 28.9 Å². The number of benzene rings is 2. The first-order valence-electron chi connectivity index (χ1n) is 7.06. The molecule has 1 N–H and O–H groups in total. The number of amides is 1. The van der Waals surface area contributed by atoms with E-state index >= 15 is 0 Å². The van der Waals surface area contributed by atoms with Crippen LogP contribution in [0.25, 0.3) is 0 Å². The lowest BCUT2D eigenvalue weighted by atomic mass is 10.1. The van der Waals surface area contributed by atoms with Gasteiger partial charge in [0.1, 0.15) is 0 Å². The van der Waals surface area contributed by atoms with Crippen molar-refractivity contribution >= 4 is 11.6 Å². The Hall–Kier alpha value is -2.30. The van der Waals surface area contributed by atoms with E-state index in [1.54, 1.807) is 12.1 Å². The Kier molecular flexibility index (Phi) is 5.20. The molecule has 1 amide bonds. The summed E-state index contributed by atoms with van der Waals surface area (Å²) in [6, 6.07) is 8.76. The summed E-state index contributed by atoms with van der Waals surface area (Å²) in [5, 5.41) is 2.46. The van der Waals surface area contributed by atoms with Gasteiger partial charge >= 0.3 is 0 Å². The molecule has 2 aromatic rings. The maximum atomic E-state index is 13.5. The van der Waals surface area contributed by atoms with E-state index in [0.717, 1.165) is 37.0 Å². The van der Waals surface area contributed by atoms with Crippen molar-refractivity contribution in [3.63, 3.8) is 0 Å². The van der Waals surface area contributed by atoms with Gasteiger partial charge in [-0.25, -0.2) is 13.2 Å². The summed E-state index contributed by atoms with van der Waals surface area (Å²) < 4.78 is 39.5. The van der Waals surface area contributed by atoms with Gasteiger partial charge in [-0.15, -0.1) is 0 Å². The molecule has 5 heteroatoms. The molecule has 0 spiro atoms. The maximum absolute atomic E-state index is 13.5. The summed E-state index contributed by atoms with van der Waals surface area (Å²) in [6.07, 6.45) is 3.11. The van der Waals surface area contributed by atoms with Crippen molar-refractivity contribution in [3.8, 4) is 0 Å². The highest BCUT2D eigenvalue weighted by Crippen LogP contribution is 2.18. The molecule has 0 radical (unpaired) electrons. The van der Waals surface area contributed by atoms with Gasteiger partial charge in [0, 0.05) is 5.69 Å².